The second kappa shape index (κ2) is 11.7. The van der Waals surface area contributed by atoms with E-state index in [0.717, 1.165) is 11.8 Å². The zero-order valence-electron chi connectivity index (χ0n) is 24.6. The van der Waals surface area contributed by atoms with Crippen molar-refractivity contribution in [3.8, 4) is 17.0 Å². The van der Waals surface area contributed by atoms with Crippen molar-refractivity contribution < 1.29 is 27.5 Å². The van der Waals surface area contributed by atoms with Crippen LogP contribution in [0.4, 0.5) is 13.2 Å². The Bertz CT molecular complexity index is 1640. The summed E-state index contributed by atoms with van der Waals surface area (Å²) in [5.74, 6) is 0.00211. The molecule has 1 fully saturated rings. The molecule has 0 radical (unpaired) electrons. The van der Waals surface area contributed by atoms with Crippen molar-refractivity contribution >= 4 is 17.5 Å². The average molecular weight is 595 g/mol. The van der Waals surface area contributed by atoms with Crippen molar-refractivity contribution in [2.45, 2.75) is 32.1 Å². The summed E-state index contributed by atoms with van der Waals surface area (Å²) < 4.78 is 49.0. The molecule has 5 rings (SSSR count). The first kappa shape index (κ1) is 30.0. The number of fused-ring (bicyclic) bond motifs is 1. The van der Waals surface area contributed by atoms with Crippen LogP contribution in [0, 0.1) is 6.92 Å². The number of aromatic nitrogens is 3. The number of hydrogen-bond acceptors (Lipinski definition) is 6. The van der Waals surface area contributed by atoms with Gasteiger partial charge in [-0.1, -0.05) is 30.3 Å². The number of carbonyl (C=O) groups excluding carboxylic acids is 2. The normalized spacial score (nSPS) is 16.7. The lowest BCUT2D eigenvalue weighted by molar-refractivity contribution is -0.143. The Morgan fingerprint density at radius 3 is 2.30 bits per heavy atom. The highest BCUT2D eigenvalue weighted by atomic mass is 19.4. The zero-order valence-corrected chi connectivity index (χ0v) is 24.6. The van der Waals surface area contributed by atoms with Gasteiger partial charge >= 0.3 is 6.18 Å². The van der Waals surface area contributed by atoms with Crippen molar-refractivity contribution in [3.63, 3.8) is 0 Å². The van der Waals surface area contributed by atoms with E-state index >= 15 is 0 Å². The molecule has 9 nitrogen and oxygen atoms in total. The highest BCUT2D eigenvalue weighted by molar-refractivity contribution is 6.00. The van der Waals surface area contributed by atoms with Gasteiger partial charge in [0.2, 0.25) is 5.91 Å². The van der Waals surface area contributed by atoms with E-state index in [1.165, 1.54) is 14.0 Å². The van der Waals surface area contributed by atoms with Crippen LogP contribution in [0.3, 0.4) is 0 Å². The van der Waals surface area contributed by atoms with Gasteiger partial charge < -0.3 is 14.5 Å². The number of amides is 2. The third-order valence-electron chi connectivity index (χ3n) is 7.82. The third kappa shape index (κ3) is 5.66. The molecule has 4 aromatic rings. The van der Waals surface area contributed by atoms with Crippen LogP contribution in [0.2, 0.25) is 0 Å². The van der Waals surface area contributed by atoms with E-state index in [1.54, 1.807) is 48.2 Å². The second-order valence-electron chi connectivity index (χ2n) is 10.8. The molecule has 0 N–H and O–H groups in total. The number of piperazine rings is 1. The number of halogens is 3. The quantitative estimate of drug-likeness (QED) is 0.322. The minimum absolute atomic E-state index is 0.0236. The Hall–Kier alpha value is -4.45. The van der Waals surface area contributed by atoms with Crippen molar-refractivity contribution in [3.05, 3.63) is 83.2 Å². The third-order valence-corrected chi connectivity index (χ3v) is 7.82. The van der Waals surface area contributed by atoms with Gasteiger partial charge in [0, 0.05) is 50.9 Å². The summed E-state index contributed by atoms with van der Waals surface area (Å²) in [5, 5.41) is 3.98. The highest BCUT2D eigenvalue weighted by Gasteiger charge is 2.40. The molecule has 1 saturated heterocycles. The molecule has 0 aliphatic carbocycles. The smallest absolute Gasteiger partial charge is 0.433 e. The Morgan fingerprint density at radius 2 is 1.72 bits per heavy atom. The Balaban J connectivity index is 1.50. The van der Waals surface area contributed by atoms with Crippen molar-refractivity contribution in [1.82, 2.24) is 29.3 Å². The molecule has 3 heterocycles. The molecule has 0 spiro atoms. The van der Waals surface area contributed by atoms with Crippen LogP contribution in [0.25, 0.3) is 16.9 Å². The largest absolute Gasteiger partial charge is 0.497 e. The fourth-order valence-corrected chi connectivity index (χ4v) is 5.65. The lowest BCUT2D eigenvalue weighted by Gasteiger charge is -2.43. The summed E-state index contributed by atoms with van der Waals surface area (Å²) in [6, 6.07) is 15.1. The van der Waals surface area contributed by atoms with Crippen molar-refractivity contribution in [1.29, 1.82) is 0 Å². The maximum atomic E-state index is 14.4. The van der Waals surface area contributed by atoms with Crippen LogP contribution in [0.15, 0.2) is 60.8 Å². The number of nitrogens with zero attached hydrogens (tertiary/aromatic N) is 6. The van der Waals surface area contributed by atoms with Gasteiger partial charge in [-0.15, -0.1) is 0 Å². The van der Waals surface area contributed by atoms with E-state index in [0.29, 0.717) is 28.9 Å². The van der Waals surface area contributed by atoms with E-state index in [1.807, 2.05) is 42.2 Å². The Morgan fingerprint density at radius 1 is 1.05 bits per heavy atom. The second-order valence-corrected chi connectivity index (χ2v) is 10.8. The predicted molar refractivity (Wildman–Crippen MR) is 155 cm³/mol. The number of alkyl halides is 3. The molecule has 0 bridgehead atoms. The number of benzene rings is 2. The fraction of sp³-hybridized carbons (Fsp3) is 0.355. The lowest BCUT2D eigenvalue weighted by Crippen LogP contribution is -2.56. The summed E-state index contributed by atoms with van der Waals surface area (Å²) in [6.45, 7) is 4.26. The molecule has 12 heteroatoms. The van der Waals surface area contributed by atoms with E-state index in [9.17, 15) is 22.8 Å². The molecule has 2 aromatic heterocycles. The van der Waals surface area contributed by atoms with Crippen molar-refractivity contribution in [2.24, 2.45) is 0 Å². The highest BCUT2D eigenvalue weighted by Crippen LogP contribution is 2.37. The molecule has 2 atom stereocenters. The fourth-order valence-electron chi connectivity index (χ4n) is 5.65. The molecular formula is C31H33F3N6O3. The monoisotopic (exact) mass is 594 g/mol. The van der Waals surface area contributed by atoms with Crippen LogP contribution in [0.1, 0.15) is 40.1 Å². The first-order valence-corrected chi connectivity index (χ1v) is 13.8. The van der Waals surface area contributed by atoms with Gasteiger partial charge in [-0.2, -0.15) is 18.3 Å². The molecule has 2 aromatic carbocycles. The number of carbonyl (C=O) groups is 2. The van der Waals surface area contributed by atoms with Crippen molar-refractivity contribution in [2.75, 3.05) is 40.8 Å². The van der Waals surface area contributed by atoms with Crippen LogP contribution < -0.4 is 4.74 Å². The molecule has 1 aliphatic heterocycles. The Labute approximate surface area is 247 Å². The number of methoxy groups -OCH3 is 1. The van der Waals surface area contributed by atoms with E-state index < -0.39 is 23.8 Å². The summed E-state index contributed by atoms with van der Waals surface area (Å²) in [6.07, 6.45) is -3.60. The van der Waals surface area contributed by atoms with Crippen LogP contribution in [0.5, 0.6) is 5.75 Å². The van der Waals surface area contributed by atoms with Crippen LogP contribution >= 0.6 is 0 Å². The molecule has 2 amide bonds. The van der Waals surface area contributed by atoms with Gasteiger partial charge in [-0.05, 0) is 43.7 Å². The van der Waals surface area contributed by atoms with E-state index in [4.69, 9.17) is 4.74 Å². The lowest BCUT2D eigenvalue weighted by atomic mass is 10.0. The summed E-state index contributed by atoms with van der Waals surface area (Å²) in [7, 11) is 4.91. The first-order valence-electron chi connectivity index (χ1n) is 13.8. The molecular weight excluding hydrogens is 561 g/mol. The maximum absolute atomic E-state index is 14.4. The van der Waals surface area contributed by atoms with Gasteiger partial charge in [-0.3, -0.25) is 14.5 Å². The summed E-state index contributed by atoms with van der Waals surface area (Å²) in [5.41, 5.74) is 0.104. The zero-order chi connectivity index (χ0) is 31.1. The van der Waals surface area contributed by atoms with E-state index in [2.05, 4.69) is 10.1 Å². The average Bonchev–Trinajstić information content (AvgIpc) is 3.39. The molecule has 0 saturated carbocycles. The van der Waals surface area contributed by atoms with E-state index in [-0.39, 0.29) is 41.0 Å². The molecule has 0 unspecified atom stereocenters. The summed E-state index contributed by atoms with van der Waals surface area (Å²) >= 11 is 0. The molecule has 226 valence electrons. The van der Waals surface area contributed by atoms with Gasteiger partial charge in [0.1, 0.15) is 17.4 Å². The predicted octanol–water partition coefficient (Wildman–Crippen LogP) is 4.71. The maximum Gasteiger partial charge on any atom is 0.433 e. The first-order chi connectivity index (χ1) is 20.4. The molecule has 43 heavy (non-hydrogen) atoms. The number of hydrogen-bond donors (Lipinski definition) is 0. The van der Waals surface area contributed by atoms with Crippen LogP contribution in [-0.4, -0.2) is 88.0 Å². The SMILES string of the molecule is COc1ccc(-c2nc3c(C(=O)N4CCN([C@@H](C(=O)N(C)C)c5ccccc5)C[C@H]4C)cnn3c(C(F)(F)F)c2C)cc1. The number of ether oxygens (including phenoxy) is 1. The minimum Gasteiger partial charge on any atom is -0.497 e. The topological polar surface area (TPSA) is 83.3 Å². The number of likely N-dealkylation sites (N-methyl/N-ethyl adjacent to an activating group) is 1. The van der Waals surface area contributed by atoms with Gasteiger partial charge in [0.25, 0.3) is 5.91 Å². The van der Waals surface area contributed by atoms with Gasteiger partial charge in [-0.25, -0.2) is 9.50 Å². The van der Waals surface area contributed by atoms with Gasteiger partial charge in [0.05, 0.1) is 19.0 Å². The minimum atomic E-state index is -4.75. The summed E-state index contributed by atoms with van der Waals surface area (Å²) in [4.78, 5) is 36.8. The molecule has 1 aliphatic rings. The number of rotatable bonds is 6. The van der Waals surface area contributed by atoms with Gasteiger partial charge in [0.15, 0.2) is 11.3 Å². The standard InChI is InChI=1S/C31H33F3N6O3/c1-19-18-38(26(30(42)37(3)4)22-9-7-6-8-10-22)15-16-39(19)29(41)24-17-35-40-27(31(32,33)34)20(2)25(36-28(24)40)21-11-13-23(43-5)14-12-21/h6-14,17,19,26H,15-16,18H2,1-5H3/t19-,26-/m1/s1. The van der Waals surface area contributed by atoms with Crippen LogP contribution in [-0.2, 0) is 11.0 Å². The Kier molecular flexibility index (Phi) is 8.15.